The second kappa shape index (κ2) is 7.38. The molecule has 0 heterocycles. The van der Waals surface area contributed by atoms with E-state index in [-0.39, 0.29) is 0 Å². The van der Waals surface area contributed by atoms with Crippen LogP contribution >= 0.6 is 0 Å². The van der Waals surface area contributed by atoms with Crippen molar-refractivity contribution in [1.29, 1.82) is 0 Å². The van der Waals surface area contributed by atoms with Gasteiger partial charge >= 0.3 is 0 Å². The van der Waals surface area contributed by atoms with Gasteiger partial charge in [-0.25, -0.2) is 0 Å². The zero-order valence-electron chi connectivity index (χ0n) is 12.4. The maximum Gasteiger partial charge on any atom is 0.00966 e. The standard InChI is InChI=1S/C15H32N2/c1-5-8-11-17(14-9-10-14)13-15(6-2,7-3)12-16-4/h14,16H,5-13H2,1-4H3. The highest BCUT2D eigenvalue weighted by atomic mass is 15.2. The van der Waals surface area contributed by atoms with Crippen molar-refractivity contribution in [2.45, 2.75) is 65.3 Å². The van der Waals surface area contributed by atoms with Gasteiger partial charge in [0.2, 0.25) is 0 Å². The van der Waals surface area contributed by atoms with E-state index in [2.05, 4.69) is 38.0 Å². The first-order valence-corrected chi connectivity index (χ1v) is 7.60. The van der Waals surface area contributed by atoms with Crippen molar-refractivity contribution in [2.24, 2.45) is 5.41 Å². The van der Waals surface area contributed by atoms with Crippen LogP contribution < -0.4 is 5.32 Å². The van der Waals surface area contributed by atoms with Crippen molar-refractivity contribution in [2.75, 3.05) is 26.7 Å². The molecule has 2 heteroatoms. The maximum atomic E-state index is 3.40. The monoisotopic (exact) mass is 240 g/mol. The van der Waals surface area contributed by atoms with Crippen LogP contribution in [0.25, 0.3) is 0 Å². The molecular formula is C15H32N2. The predicted molar refractivity (Wildman–Crippen MR) is 76.4 cm³/mol. The molecule has 102 valence electrons. The molecule has 0 aliphatic heterocycles. The van der Waals surface area contributed by atoms with E-state index in [1.807, 2.05) is 0 Å². The molecule has 1 N–H and O–H groups in total. The van der Waals surface area contributed by atoms with Gasteiger partial charge in [0.1, 0.15) is 0 Å². The topological polar surface area (TPSA) is 15.3 Å². The first-order chi connectivity index (χ1) is 8.21. The van der Waals surface area contributed by atoms with Crippen LogP contribution in [0.5, 0.6) is 0 Å². The van der Waals surface area contributed by atoms with Crippen molar-refractivity contribution in [3.05, 3.63) is 0 Å². The van der Waals surface area contributed by atoms with Gasteiger partial charge in [0.25, 0.3) is 0 Å². The second-order valence-electron chi connectivity index (χ2n) is 5.79. The van der Waals surface area contributed by atoms with Gasteiger partial charge in [-0.05, 0) is 51.1 Å². The highest BCUT2D eigenvalue weighted by molar-refractivity contribution is 4.90. The van der Waals surface area contributed by atoms with Crippen LogP contribution in [-0.2, 0) is 0 Å². The average molecular weight is 240 g/mol. The van der Waals surface area contributed by atoms with E-state index in [9.17, 15) is 0 Å². The summed E-state index contributed by atoms with van der Waals surface area (Å²) >= 11 is 0. The predicted octanol–water partition coefficient (Wildman–Crippen LogP) is 3.28. The van der Waals surface area contributed by atoms with Gasteiger partial charge in [-0.15, -0.1) is 0 Å². The number of hydrogen-bond donors (Lipinski definition) is 1. The van der Waals surface area contributed by atoms with Gasteiger partial charge in [-0.1, -0.05) is 27.2 Å². The van der Waals surface area contributed by atoms with Crippen LogP contribution in [-0.4, -0.2) is 37.6 Å². The summed E-state index contributed by atoms with van der Waals surface area (Å²) in [4.78, 5) is 2.77. The van der Waals surface area contributed by atoms with E-state index >= 15 is 0 Å². The molecule has 0 aromatic rings. The molecule has 2 nitrogen and oxygen atoms in total. The molecule has 1 rings (SSSR count). The fourth-order valence-electron chi connectivity index (χ4n) is 2.78. The first kappa shape index (κ1) is 15.0. The number of unbranched alkanes of at least 4 members (excludes halogenated alkanes) is 1. The summed E-state index contributed by atoms with van der Waals surface area (Å²) in [5, 5.41) is 3.40. The lowest BCUT2D eigenvalue weighted by Crippen LogP contribution is -2.44. The lowest BCUT2D eigenvalue weighted by Gasteiger charge is -2.37. The van der Waals surface area contributed by atoms with Crippen LogP contribution in [0.15, 0.2) is 0 Å². The second-order valence-corrected chi connectivity index (χ2v) is 5.79. The Morgan fingerprint density at radius 1 is 1.18 bits per heavy atom. The Hall–Kier alpha value is -0.0800. The Morgan fingerprint density at radius 2 is 1.82 bits per heavy atom. The minimum atomic E-state index is 0.491. The molecule has 17 heavy (non-hydrogen) atoms. The van der Waals surface area contributed by atoms with Crippen LogP contribution in [0.1, 0.15) is 59.3 Å². The van der Waals surface area contributed by atoms with Gasteiger partial charge in [-0.3, -0.25) is 4.90 Å². The summed E-state index contributed by atoms with van der Waals surface area (Å²) in [6.07, 6.45) is 8.14. The van der Waals surface area contributed by atoms with Gasteiger partial charge in [0.15, 0.2) is 0 Å². The van der Waals surface area contributed by atoms with Crippen molar-refractivity contribution in [3.8, 4) is 0 Å². The Labute approximate surface area is 108 Å². The molecule has 1 aliphatic rings. The third kappa shape index (κ3) is 4.59. The Bertz CT molecular complexity index is 195. The third-order valence-corrected chi connectivity index (χ3v) is 4.45. The molecule has 0 aromatic heterocycles. The minimum Gasteiger partial charge on any atom is -0.319 e. The fourth-order valence-corrected chi connectivity index (χ4v) is 2.78. The molecule has 1 aliphatic carbocycles. The zero-order chi connectivity index (χ0) is 12.7. The Morgan fingerprint density at radius 3 is 2.24 bits per heavy atom. The van der Waals surface area contributed by atoms with Crippen molar-refractivity contribution in [1.82, 2.24) is 10.2 Å². The van der Waals surface area contributed by atoms with Crippen molar-refractivity contribution < 1.29 is 0 Å². The number of hydrogen-bond acceptors (Lipinski definition) is 2. The van der Waals surface area contributed by atoms with E-state index in [1.165, 1.54) is 51.6 Å². The SMILES string of the molecule is CCCCN(CC(CC)(CC)CNC)C1CC1. The van der Waals surface area contributed by atoms with E-state index in [4.69, 9.17) is 0 Å². The van der Waals surface area contributed by atoms with Crippen molar-refractivity contribution >= 4 is 0 Å². The molecule has 0 spiro atoms. The average Bonchev–Trinajstić information content (AvgIpc) is 3.17. The number of nitrogens with one attached hydrogen (secondary N) is 1. The van der Waals surface area contributed by atoms with Crippen LogP contribution in [0, 0.1) is 5.41 Å². The summed E-state index contributed by atoms with van der Waals surface area (Å²) in [7, 11) is 2.09. The summed E-state index contributed by atoms with van der Waals surface area (Å²) in [5.41, 5.74) is 0.491. The lowest BCUT2D eigenvalue weighted by molar-refractivity contribution is 0.128. The summed E-state index contributed by atoms with van der Waals surface area (Å²) in [6.45, 7) is 10.8. The quantitative estimate of drug-likeness (QED) is 0.630. The first-order valence-electron chi connectivity index (χ1n) is 7.60. The molecular weight excluding hydrogens is 208 g/mol. The number of rotatable bonds is 10. The molecule has 0 aromatic carbocycles. The Kier molecular flexibility index (Phi) is 6.50. The van der Waals surface area contributed by atoms with E-state index in [1.54, 1.807) is 0 Å². The highest BCUT2D eigenvalue weighted by Gasteiger charge is 2.35. The lowest BCUT2D eigenvalue weighted by atomic mass is 9.81. The fraction of sp³-hybridized carbons (Fsp3) is 1.00. The summed E-state index contributed by atoms with van der Waals surface area (Å²) in [6, 6.07) is 0.913. The Balaban J connectivity index is 2.54. The van der Waals surface area contributed by atoms with E-state index < -0.39 is 0 Å². The zero-order valence-corrected chi connectivity index (χ0v) is 12.4. The smallest absolute Gasteiger partial charge is 0.00966 e. The third-order valence-electron chi connectivity index (χ3n) is 4.45. The van der Waals surface area contributed by atoms with Gasteiger partial charge in [-0.2, -0.15) is 0 Å². The largest absolute Gasteiger partial charge is 0.319 e. The summed E-state index contributed by atoms with van der Waals surface area (Å²) < 4.78 is 0. The molecule has 1 fully saturated rings. The van der Waals surface area contributed by atoms with Crippen LogP contribution in [0.2, 0.25) is 0 Å². The maximum absolute atomic E-state index is 3.40. The van der Waals surface area contributed by atoms with Crippen LogP contribution in [0.3, 0.4) is 0 Å². The molecule has 0 bridgehead atoms. The van der Waals surface area contributed by atoms with E-state index in [0.29, 0.717) is 5.41 Å². The molecule has 1 saturated carbocycles. The molecule has 0 amide bonds. The molecule has 0 atom stereocenters. The summed E-state index contributed by atoms with van der Waals surface area (Å²) in [5.74, 6) is 0. The van der Waals surface area contributed by atoms with Crippen molar-refractivity contribution in [3.63, 3.8) is 0 Å². The molecule has 0 unspecified atom stereocenters. The minimum absolute atomic E-state index is 0.491. The normalized spacial score (nSPS) is 16.8. The molecule has 0 radical (unpaired) electrons. The van der Waals surface area contributed by atoms with Crippen LogP contribution in [0.4, 0.5) is 0 Å². The van der Waals surface area contributed by atoms with Gasteiger partial charge in [0, 0.05) is 19.1 Å². The molecule has 0 saturated heterocycles. The van der Waals surface area contributed by atoms with Gasteiger partial charge < -0.3 is 5.32 Å². The van der Waals surface area contributed by atoms with Gasteiger partial charge in [0.05, 0.1) is 0 Å². The number of nitrogens with zero attached hydrogens (tertiary/aromatic N) is 1. The highest BCUT2D eigenvalue weighted by Crippen LogP contribution is 2.33. The van der Waals surface area contributed by atoms with E-state index in [0.717, 1.165) is 12.6 Å².